The number of benzene rings is 1. The van der Waals surface area contributed by atoms with Gasteiger partial charge in [-0.25, -0.2) is 4.79 Å². The third-order valence-electron chi connectivity index (χ3n) is 3.75. The second-order valence-corrected chi connectivity index (χ2v) is 5.34. The van der Waals surface area contributed by atoms with E-state index in [1.165, 1.54) is 6.92 Å². The van der Waals surface area contributed by atoms with E-state index < -0.39 is 5.63 Å². The molecule has 3 rings (SSSR count). The van der Waals surface area contributed by atoms with E-state index in [9.17, 15) is 9.90 Å². The summed E-state index contributed by atoms with van der Waals surface area (Å²) in [6.07, 6.45) is 0. The summed E-state index contributed by atoms with van der Waals surface area (Å²) in [5.41, 5.74) is 0.678. The normalized spacial score (nSPS) is 10.5. The van der Waals surface area contributed by atoms with E-state index in [1.807, 2.05) is 6.07 Å². The monoisotopic (exact) mass is 324 g/mol. The number of hydrogen-bond donors (Lipinski definition) is 1. The minimum Gasteiger partial charge on any atom is -0.507 e. The number of hydrogen-bond acceptors (Lipinski definition) is 5. The lowest BCUT2D eigenvalue weighted by molar-refractivity contribution is 0.370. The molecule has 0 aliphatic carbocycles. The average molecular weight is 324 g/mol. The van der Waals surface area contributed by atoms with Crippen molar-refractivity contribution in [3.63, 3.8) is 0 Å². The van der Waals surface area contributed by atoms with Crippen LogP contribution < -0.4 is 10.4 Å². The van der Waals surface area contributed by atoms with Crippen LogP contribution in [0.15, 0.2) is 37.9 Å². The molecule has 2 heterocycles. The number of rotatable bonds is 3. The first-order valence-electron chi connectivity index (χ1n) is 7.41. The first-order valence-corrected chi connectivity index (χ1v) is 7.41. The van der Waals surface area contributed by atoms with Gasteiger partial charge in [-0.05, 0) is 45.0 Å². The number of ether oxygens (including phenoxy) is 1. The Morgan fingerprint density at radius 2 is 1.96 bits per heavy atom. The van der Waals surface area contributed by atoms with Gasteiger partial charge in [0.25, 0.3) is 0 Å². The maximum Gasteiger partial charge on any atom is 0.343 e. The molecule has 0 spiro atoms. The van der Waals surface area contributed by atoms with Gasteiger partial charge in [0, 0.05) is 10.9 Å². The van der Waals surface area contributed by atoms with Crippen molar-refractivity contribution in [1.82, 2.24) is 0 Å². The third kappa shape index (κ3) is 2.74. The van der Waals surface area contributed by atoms with E-state index in [-0.39, 0.29) is 17.1 Å². The van der Waals surface area contributed by atoms with Gasteiger partial charge in [0.15, 0.2) is 11.5 Å². The van der Waals surface area contributed by atoms with Gasteiger partial charge in [0.1, 0.15) is 23.7 Å². The van der Waals surface area contributed by atoms with Gasteiger partial charge < -0.3 is 18.7 Å². The Labute approximate surface area is 138 Å². The van der Waals surface area contributed by atoms with Crippen LogP contribution in [0.4, 0.5) is 0 Å². The topological polar surface area (TPSA) is 72.8 Å². The minimum atomic E-state index is -0.587. The minimum absolute atomic E-state index is 0.0798. The van der Waals surface area contributed by atoms with E-state index in [1.54, 1.807) is 32.0 Å². The quantitative estimate of drug-likeness (QED) is 0.742. The van der Waals surface area contributed by atoms with Crippen LogP contribution in [0.3, 0.4) is 0 Å². The molecule has 0 unspecified atom stereocenters. The smallest absolute Gasteiger partial charge is 0.343 e. The molecule has 0 bridgehead atoms. The van der Waals surface area contributed by atoms with E-state index in [0.717, 1.165) is 5.39 Å². The summed E-state index contributed by atoms with van der Waals surface area (Å²) in [7, 11) is 0. The molecule has 0 atom stereocenters. The van der Waals surface area contributed by atoms with Crippen LogP contribution in [0, 0.1) is 25.7 Å². The SMILES string of the molecule is CC#CCOc1ccc2oc(-c3oc(=O)c(C)c(O)c3C)cc2c1. The summed E-state index contributed by atoms with van der Waals surface area (Å²) in [4.78, 5) is 11.8. The predicted octanol–water partition coefficient (Wildman–Crippen LogP) is 3.78. The van der Waals surface area contributed by atoms with Crippen LogP contribution in [-0.2, 0) is 0 Å². The lowest BCUT2D eigenvalue weighted by Gasteiger charge is -2.05. The van der Waals surface area contributed by atoms with Crippen molar-refractivity contribution < 1.29 is 18.7 Å². The van der Waals surface area contributed by atoms with Crippen LogP contribution >= 0.6 is 0 Å². The first-order chi connectivity index (χ1) is 11.5. The Morgan fingerprint density at radius 3 is 2.71 bits per heavy atom. The lowest BCUT2D eigenvalue weighted by atomic mass is 10.1. The molecule has 5 nitrogen and oxygen atoms in total. The van der Waals surface area contributed by atoms with Gasteiger partial charge in [0.05, 0.1) is 5.56 Å². The van der Waals surface area contributed by atoms with Crippen molar-refractivity contribution in [3.8, 4) is 34.9 Å². The summed E-state index contributed by atoms with van der Waals surface area (Å²) in [5, 5.41) is 10.8. The van der Waals surface area contributed by atoms with Crippen LogP contribution in [0.5, 0.6) is 11.5 Å². The highest BCUT2D eigenvalue weighted by Gasteiger charge is 2.18. The van der Waals surface area contributed by atoms with Crippen LogP contribution in [0.2, 0.25) is 0 Å². The molecule has 0 radical (unpaired) electrons. The second-order valence-electron chi connectivity index (χ2n) is 5.34. The Kier molecular flexibility index (Phi) is 4.05. The van der Waals surface area contributed by atoms with Gasteiger partial charge in [-0.3, -0.25) is 0 Å². The van der Waals surface area contributed by atoms with Crippen LogP contribution in [0.25, 0.3) is 22.5 Å². The molecule has 0 aliphatic rings. The van der Waals surface area contributed by atoms with Crippen molar-refractivity contribution in [3.05, 3.63) is 45.8 Å². The summed E-state index contributed by atoms with van der Waals surface area (Å²) < 4.78 is 16.5. The third-order valence-corrected chi connectivity index (χ3v) is 3.75. The Morgan fingerprint density at radius 1 is 1.17 bits per heavy atom. The molecule has 0 saturated heterocycles. The molecule has 24 heavy (non-hydrogen) atoms. The lowest BCUT2D eigenvalue weighted by Crippen LogP contribution is -2.05. The van der Waals surface area contributed by atoms with Crippen molar-refractivity contribution >= 4 is 11.0 Å². The fourth-order valence-electron chi connectivity index (χ4n) is 2.38. The Balaban J connectivity index is 2.05. The van der Waals surface area contributed by atoms with E-state index in [0.29, 0.717) is 29.3 Å². The van der Waals surface area contributed by atoms with Crippen molar-refractivity contribution in [1.29, 1.82) is 0 Å². The zero-order chi connectivity index (χ0) is 17.3. The highest BCUT2D eigenvalue weighted by Crippen LogP contribution is 2.34. The number of aromatic hydroxyl groups is 1. The zero-order valence-electron chi connectivity index (χ0n) is 13.6. The summed E-state index contributed by atoms with van der Waals surface area (Å²) >= 11 is 0. The van der Waals surface area contributed by atoms with Crippen molar-refractivity contribution in [2.45, 2.75) is 20.8 Å². The summed E-state index contributed by atoms with van der Waals surface area (Å²) in [6.45, 7) is 5.25. The second kappa shape index (κ2) is 6.17. The van der Waals surface area contributed by atoms with Gasteiger partial charge >= 0.3 is 5.63 Å². The summed E-state index contributed by atoms with van der Waals surface area (Å²) in [6, 6.07) is 7.12. The maximum absolute atomic E-state index is 11.8. The molecule has 0 saturated carbocycles. The molecule has 5 heteroatoms. The molecule has 0 aliphatic heterocycles. The van der Waals surface area contributed by atoms with Crippen LogP contribution in [0.1, 0.15) is 18.1 Å². The fourth-order valence-corrected chi connectivity index (χ4v) is 2.38. The molecule has 1 aromatic carbocycles. The molecule has 0 fully saturated rings. The molecule has 0 amide bonds. The molecule has 3 aromatic rings. The largest absolute Gasteiger partial charge is 0.507 e. The highest BCUT2D eigenvalue weighted by atomic mass is 16.5. The maximum atomic E-state index is 11.8. The van der Waals surface area contributed by atoms with Crippen molar-refractivity contribution in [2.24, 2.45) is 0 Å². The van der Waals surface area contributed by atoms with Crippen molar-refractivity contribution in [2.75, 3.05) is 6.61 Å². The van der Waals surface area contributed by atoms with Gasteiger partial charge in [-0.15, -0.1) is 5.92 Å². The Bertz CT molecular complexity index is 1030. The van der Waals surface area contributed by atoms with E-state index in [2.05, 4.69) is 11.8 Å². The molecule has 2 aromatic heterocycles. The number of fused-ring (bicyclic) bond motifs is 1. The van der Waals surface area contributed by atoms with E-state index >= 15 is 0 Å². The molecular formula is C19H16O5. The van der Waals surface area contributed by atoms with Crippen LogP contribution in [-0.4, -0.2) is 11.7 Å². The molecular weight excluding hydrogens is 308 g/mol. The molecule has 1 N–H and O–H groups in total. The standard InChI is InChI=1S/C19H16O5/c1-4-5-8-22-14-6-7-15-13(9-14)10-16(23-15)18-11(2)17(20)12(3)19(21)24-18/h6-7,9-10,20H,8H2,1-3H3. The van der Waals surface area contributed by atoms with Gasteiger partial charge in [0.2, 0.25) is 0 Å². The number of furan rings is 1. The fraction of sp³-hybridized carbons (Fsp3) is 0.211. The average Bonchev–Trinajstić information content (AvgIpc) is 2.99. The zero-order valence-corrected chi connectivity index (χ0v) is 13.6. The summed E-state index contributed by atoms with van der Waals surface area (Å²) in [5.74, 6) is 6.78. The van der Waals surface area contributed by atoms with E-state index in [4.69, 9.17) is 13.6 Å². The Hall–Kier alpha value is -3.13. The van der Waals surface area contributed by atoms with Gasteiger partial charge in [-0.1, -0.05) is 5.92 Å². The highest BCUT2D eigenvalue weighted by molar-refractivity contribution is 5.84. The van der Waals surface area contributed by atoms with Gasteiger partial charge in [-0.2, -0.15) is 0 Å². The first kappa shape index (κ1) is 15.8. The molecule has 122 valence electrons. The predicted molar refractivity (Wildman–Crippen MR) is 90.3 cm³/mol.